The Morgan fingerprint density at radius 2 is 1.42 bits per heavy atom. The number of fused-ring (bicyclic) bond motifs is 3. The van der Waals surface area contributed by atoms with E-state index in [2.05, 4.69) is 39.9 Å². The van der Waals surface area contributed by atoms with Crippen molar-refractivity contribution in [2.75, 3.05) is 7.11 Å². The molecule has 33 heavy (non-hydrogen) atoms. The predicted octanol–water partition coefficient (Wildman–Crippen LogP) is 6.81. The van der Waals surface area contributed by atoms with Crippen molar-refractivity contribution in [3.8, 4) is 0 Å². The van der Waals surface area contributed by atoms with Crippen molar-refractivity contribution in [1.29, 1.82) is 0 Å². The molecule has 2 aromatic rings. The zero-order chi connectivity index (χ0) is 22.6. The Kier molecular flexibility index (Phi) is 7.40. The first-order valence-corrected chi connectivity index (χ1v) is 13.7. The molecular formula is C29H42N2O2. The molecule has 3 heterocycles. The molecule has 4 nitrogen and oxygen atoms in total. The van der Waals surface area contributed by atoms with Gasteiger partial charge in [-0.25, -0.2) is 0 Å². The summed E-state index contributed by atoms with van der Waals surface area (Å²) in [7, 11) is 1.48. The first-order valence-electron chi connectivity index (χ1n) is 13.7. The lowest BCUT2D eigenvalue weighted by Crippen LogP contribution is -2.56. The Bertz CT molecular complexity index is 911. The monoisotopic (exact) mass is 450 g/mol. The van der Waals surface area contributed by atoms with Crippen LogP contribution in [0.1, 0.15) is 101 Å². The summed E-state index contributed by atoms with van der Waals surface area (Å²) >= 11 is 0. The lowest BCUT2D eigenvalue weighted by molar-refractivity contribution is -0.139. The average Bonchev–Trinajstić information content (AvgIpc) is 3.20. The Labute approximate surface area is 199 Å². The minimum atomic E-state index is -0.152. The highest BCUT2D eigenvalue weighted by atomic mass is 16.5. The van der Waals surface area contributed by atoms with Crippen molar-refractivity contribution in [2.45, 2.75) is 120 Å². The lowest BCUT2D eigenvalue weighted by atomic mass is 9.79. The fourth-order valence-electron chi connectivity index (χ4n) is 7.25. The van der Waals surface area contributed by atoms with Gasteiger partial charge in [0, 0.05) is 41.3 Å². The van der Waals surface area contributed by atoms with Crippen molar-refractivity contribution in [3.63, 3.8) is 0 Å². The van der Waals surface area contributed by atoms with Gasteiger partial charge in [-0.15, -0.1) is 0 Å². The summed E-state index contributed by atoms with van der Waals surface area (Å²) in [6, 6.07) is 11.4. The van der Waals surface area contributed by atoms with Crippen LogP contribution in [0.15, 0.2) is 30.5 Å². The van der Waals surface area contributed by atoms with Gasteiger partial charge in [0.25, 0.3) is 0 Å². The topological polar surface area (TPSA) is 34.5 Å². The van der Waals surface area contributed by atoms with Gasteiger partial charge < -0.3 is 9.30 Å². The second kappa shape index (κ2) is 10.6. The molecule has 0 amide bonds. The number of rotatable bonds is 4. The number of methoxy groups -OCH3 is 1. The summed E-state index contributed by atoms with van der Waals surface area (Å²) in [6.45, 7) is 0. The summed E-state index contributed by atoms with van der Waals surface area (Å²) in [5.74, 6) is -0.152. The number of carbonyl (C=O) groups is 1. The third-order valence-corrected chi connectivity index (χ3v) is 8.78. The highest BCUT2D eigenvalue weighted by Gasteiger charge is 2.42. The molecule has 3 fully saturated rings. The van der Waals surface area contributed by atoms with Crippen molar-refractivity contribution < 1.29 is 9.53 Å². The molecule has 0 unspecified atom stereocenters. The first-order chi connectivity index (χ1) is 16.2. The molecule has 2 aliphatic heterocycles. The van der Waals surface area contributed by atoms with Gasteiger partial charge in [-0.1, -0.05) is 69.6 Å². The zero-order valence-electron chi connectivity index (χ0n) is 20.5. The Balaban J connectivity index is 1.38. The highest BCUT2D eigenvalue weighted by molar-refractivity contribution is 5.88. The molecule has 2 saturated heterocycles. The molecule has 1 aromatic carbocycles. The number of hydrogen-bond donors (Lipinski definition) is 0. The predicted molar refractivity (Wildman–Crippen MR) is 135 cm³/mol. The van der Waals surface area contributed by atoms with Crippen molar-refractivity contribution >= 4 is 16.9 Å². The number of carbonyl (C=O) groups excluding carboxylic acids is 1. The van der Waals surface area contributed by atoms with E-state index in [9.17, 15) is 4.79 Å². The Morgan fingerprint density at radius 1 is 0.818 bits per heavy atom. The van der Waals surface area contributed by atoms with E-state index in [4.69, 9.17) is 4.74 Å². The molecule has 5 rings (SSSR count). The van der Waals surface area contributed by atoms with E-state index >= 15 is 0 Å². The molecule has 2 bridgehead atoms. The minimum absolute atomic E-state index is 0.152. The molecule has 0 radical (unpaired) electrons. The molecule has 1 aliphatic carbocycles. The van der Waals surface area contributed by atoms with Crippen molar-refractivity contribution in [3.05, 3.63) is 36.0 Å². The number of piperidine rings is 2. The number of hydrogen-bond acceptors (Lipinski definition) is 3. The summed E-state index contributed by atoms with van der Waals surface area (Å²) in [4.78, 5) is 15.1. The van der Waals surface area contributed by atoms with E-state index < -0.39 is 0 Å². The summed E-state index contributed by atoms with van der Waals surface area (Å²) in [6.07, 6.45) is 22.1. The third kappa shape index (κ3) is 5.01. The Hall–Kier alpha value is -1.81. The summed E-state index contributed by atoms with van der Waals surface area (Å²) in [5.41, 5.74) is 2.39. The van der Waals surface area contributed by atoms with Gasteiger partial charge in [0.15, 0.2) is 0 Å². The maximum Gasteiger partial charge on any atom is 0.310 e. The van der Waals surface area contributed by atoms with Crippen LogP contribution in [0.25, 0.3) is 10.9 Å². The van der Waals surface area contributed by atoms with E-state index in [1.807, 2.05) is 0 Å². The van der Waals surface area contributed by atoms with Crippen LogP contribution in [0.2, 0.25) is 0 Å². The lowest BCUT2D eigenvalue weighted by Gasteiger charge is -2.53. The van der Waals surface area contributed by atoms with Crippen LogP contribution >= 0.6 is 0 Å². The van der Waals surface area contributed by atoms with Crippen LogP contribution in [0.3, 0.4) is 0 Å². The maximum atomic E-state index is 12.0. The van der Waals surface area contributed by atoms with Crippen LogP contribution in [0, 0.1) is 0 Å². The van der Waals surface area contributed by atoms with Gasteiger partial charge in [0.05, 0.1) is 13.5 Å². The molecule has 0 N–H and O–H groups in total. The van der Waals surface area contributed by atoms with E-state index in [0.29, 0.717) is 12.5 Å². The smallest absolute Gasteiger partial charge is 0.310 e. The number of aromatic nitrogens is 1. The SMILES string of the molecule is COC(=O)Cc1cn([C@@H]2C[C@H]3CCC[C@@H](C2)N3C2CCCCCCCCC2)c2ccccc12. The maximum absolute atomic E-state index is 12.0. The second-order valence-electron chi connectivity index (χ2n) is 10.8. The van der Waals surface area contributed by atoms with E-state index in [1.165, 1.54) is 108 Å². The summed E-state index contributed by atoms with van der Waals surface area (Å²) < 4.78 is 7.50. The van der Waals surface area contributed by atoms with Crippen LogP contribution in [0.5, 0.6) is 0 Å². The van der Waals surface area contributed by atoms with Gasteiger partial charge in [0.1, 0.15) is 0 Å². The van der Waals surface area contributed by atoms with Gasteiger partial charge in [-0.3, -0.25) is 9.69 Å². The molecule has 0 spiro atoms. The molecule has 3 atom stereocenters. The summed E-state index contributed by atoms with van der Waals surface area (Å²) in [5, 5.41) is 1.21. The molecule has 1 saturated carbocycles. The van der Waals surface area contributed by atoms with E-state index in [-0.39, 0.29) is 5.97 Å². The molecule has 1 aromatic heterocycles. The van der Waals surface area contributed by atoms with Gasteiger partial charge in [-0.2, -0.15) is 0 Å². The number of ether oxygens (including phenoxy) is 1. The van der Waals surface area contributed by atoms with E-state index in [0.717, 1.165) is 23.7 Å². The number of nitrogens with zero attached hydrogens (tertiary/aromatic N) is 2. The largest absolute Gasteiger partial charge is 0.469 e. The van der Waals surface area contributed by atoms with Crippen LogP contribution in [-0.4, -0.2) is 40.7 Å². The number of para-hydroxylation sites is 1. The fraction of sp³-hybridized carbons (Fsp3) is 0.690. The molecule has 180 valence electrons. The quantitative estimate of drug-likeness (QED) is 0.480. The molecule has 4 heteroatoms. The third-order valence-electron chi connectivity index (χ3n) is 8.78. The Morgan fingerprint density at radius 3 is 2.09 bits per heavy atom. The fourth-order valence-corrected chi connectivity index (χ4v) is 7.25. The first kappa shape index (κ1) is 23.0. The molecular weight excluding hydrogens is 408 g/mol. The normalized spacial score (nSPS) is 28.0. The van der Waals surface area contributed by atoms with Crippen LogP contribution in [-0.2, 0) is 16.0 Å². The van der Waals surface area contributed by atoms with E-state index in [1.54, 1.807) is 0 Å². The zero-order valence-corrected chi connectivity index (χ0v) is 20.5. The van der Waals surface area contributed by atoms with Crippen LogP contribution in [0.4, 0.5) is 0 Å². The second-order valence-corrected chi connectivity index (χ2v) is 10.8. The average molecular weight is 451 g/mol. The minimum Gasteiger partial charge on any atom is -0.469 e. The van der Waals surface area contributed by atoms with Gasteiger partial charge >= 0.3 is 5.97 Å². The molecule has 3 aliphatic rings. The highest BCUT2D eigenvalue weighted by Crippen LogP contribution is 2.43. The number of benzene rings is 1. The van der Waals surface area contributed by atoms with Crippen LogP contribution < -0.4 is 0 Å². The van der Waals surface area contributed by atoms with Gasteiger partial charge in [-0.05, 0) is 50.2 Å². The van der Waals surface area contributed by atoms with Crippen molar-refractivity contribution in [2.24, 2.45) is 0 Å². The van der Waals surface area contributed by atoms with Gasteiger partial charge in [0.2, 0.25) is 0 Å². The standard InChI is InChI=1S/C29H42N2O2/c1-33-29(32)18-22-21-30(28-17-10-9-16-27(22)28)26-19-24-14-11-15-25(20-26)31(24)23-12-7-5-3-2-4-6-8-13-23/h9-10,16-17,21,23-26H,2-8,11-15,18-20H2,1H3/t24-,25+,26-. The van der Waals surface area contributed by atoms with Crippen molar-refractivity contribution in [1.82, 2.24) is 9.47 Å². The number of esters is 1.